The van der Waals surface area contributed by atoms with Crippen LogP contribution < -0.4 is 20.7 Å². The fourth-order valence-corrected chi connectivity index (χ4v) is 4.29. The van der Waals surface area contributed by atoms with E-state index in [9.17, 15) is 18.4 Å². The number of halogens is 3. The Morgan fingerprint density at radius 1 is 0.943 bits per heavy atom. The number of nitrogens with one attached hydrogen (secondary N) is 3. The lowest BCUT2D eigenvalue weighted by molar-refractivity contribution is -0.131. The summed E-state index contributed by atoms with van der Waals surface area (Å²) in [6.07, 6.45) is 1.05. The second kappa shape index (κ2) is 9.19. The number of benzene rings is 3. The molecule has 1 aliphatic heterocycles. The zero-order valence-electron chi connectivity index (χ0n) is 18.5. The second-order valence-electron chi connectivity index (χ2n) is 8.70. The maximum atomic E-state index is 14.9. The van der Waals surface area contributed by atoms with Crippen molar-refractivity contribution in [1.82, 2.24) is 0 Å². The lowest BCUT2D eigenvalue weighted by atomic mass is 10.0. The predicted molar refractivity (Wildman–Crippen MR) is 130 cm³/mol. The van der Waals surface area contributed by atoms with E-state index in [-0.39, 0.29) is 17.5 Å². The molecular weight excluding hydrogens is 476 g/mol. The molecule has 2 amide bonds. The molecule has 1 atom stereocenters. The lowest BCUT2D eigenvalue weighted by Gasteiger charge is -2.27. The fourth-order valence-electron chi connectivity index (χ4n) is 4.12. The van der Waals surface area contributed by atoms with Gasteiger partial charge in [-0.25, -0.2) is 8.78 Å². The van der Waals surface area contributed by atoms with Gasteiger partial charge in [0, 0.05) is 46.7 Å². The quantitative estimate of drug-likeness (QED) is 0.370. The average molecular weight is 498 g/mol. The summed E-state index contributed by atoms with van der Waals surface area (Å²) in [5.41, 5.74) is 1.12. The molecule has 1 saturated carbocycles. The summed E-state index contributed by atoms with van der Waals surface area (Å²) in [5, 5.41) is 9.13. The number of carbonyl (C=O) groups excluding carboxylic acids is 2. The van der Waals surface area contributed by atoms with E-state index in [1.165, 1.54) is 42.5 Å². The highest BCUT2D eigenvalue weighted by Gasteiger charge is 2.56. The van der Waals surface area contributed by atoms with Gasteiger partial charge in [0.1, 0.15) is 17.3 Å². The molecule has 3 aromatic rings. The molecule has 3 aromatic carbocycles. The molecule has 0 saturated heterocycles. The van der Waals surface area contributed by atoms with E-state index >= 15 is 0 Å². The first-order valence-electron chi connectivity index (χ1n) is 11.2. The highest BCUT2D eigenvalue weighted by molar-refractivity contribution is 6.30. The summed E-state index contributed by atoms with van der Waals surface area (Å²) in [6, 6.07) is 14.9. The minimum Gasteiger partial charge on any atom is -0.483 e. The van der Waals surface area contributed by atoms with Crippen molar-refractivity contribution >= 4 is 40.5 Å². The van der Waals surface area contributed by atoms with Gasteiger partial charge in [0.2, 0.25) is 11.8 Å². The third kappa shape index (κ3) is 4.79. The molecule has 3 N–H and O–H groups in total. The minimum absolute atomic E-state index is 0.0611. The van der Waals surface area contributed by atoms with Gasteiger partial charge in [0.05, 0.1) is 0 Å². The Balaban J connectivity index is 1.25. The normalized spacial score (nSPS) is 17.5. The Labute approximate surface area is 205 Å². The Morgan fingerprint density at radius 2 is 1.63 bits per heavy atom. The first-order valence-corrected chi connectivity index (χ1v) is 11.6. The van der Waals surface area contributed by atoms with Crippen molar-refractivity contribution in [2.75, 3.05) is 22.5 Å². The highest BCUT2D eigenvalue weighted by atomic mass is 35.5. The molecule has 35 heavy (non-hydrogen) atoms. The number of anilines is 3. The highest BCUT2D eigenvalue weighted by Crippen LogP contribution is 2.47. The van der Waals surface area contributed by atoms with Gasteiger partial charge in [-0.15, -0.1) is 0 Å². The number of fused-ring (bicyclic) bond motifs is 1. The summed E-state index contributed by atoms with van der Waals surface area (Å²) >= 11 is 6.06. The van der Waals surface area contributed by atoms with Gasteiger partial charge in [-0.1, -0.05) is 17.7 Å². The van der Waals surface area contributed by atoms with Crippen molar-refractivity contribution < 1.29 is 23.1 Å². The molecule has 180 valence electrons. The van der Waals surface area contributed by atoms with Crippen LogP contribution in [0.3, 0.4) is 0 Å². The first kappa shape index (κ1) is 23.1. The molecule has 6 nitrogen and oxygen atoms in total. The summed E-state index contributed by atoms with van der Waals surface area (Å²) in [4.78, 5) is 25.6. The minimum atomic E-state index is -1.24. The van der Waals surface area contributed by atoms with Crippen molar-refractivity contribution in [1.29, 1.82) is 0 Å². The number of hydrogen-bond donors (Lipinski definition) is 3. The zero-order valence-corrected chi connectivity index (χ0v) is 19.3. The van der Waals surface area contributed by atoms with E-state index in [0.29, 0.717) is 36.5 Å². The van der Waals surface area contributed by atoms with Crippen LogP contribution in [0, 0.1) is 17.0 Å². The SMILES string of the molecule is O=C(Nc1ccc(F)cc1)C1(C(=O)Nc2ccc(OC3CCNc4cc(Cl)ccc43)c(F)c2)CC1. The number of rotatable bonds is 6. The van der Waals surface area contributed by atoms with Gasteiger partial charge in [-0.3, -0.25) is 9.59 Å². The van der Waals surface area contributed by atoms with Gasteiger partial charge < -0.3 is 20.7 Å². The summed E-state index contributed by atoms with van der Waals surface area (Å²) in [5.74, 6) is -1.99. The summed E-state index contributed by atoms with van der Waals surface area (Å²) in [6.45, 7) is 0.663. The number of carbonyl (C=O) groups is 2. The Kier molecular flexibility index (Phi) is 6.06. The van der Waals surface area contributed by atoms with Crippen molar-refractivity contribution in [3.63, 3.8) is 0 Å². The molecule has 9 heteroatoms. The molecule has 2 aliphatic rings. The molecule has 1 fully saturated rings. The van der Waals surface area contributed by atoms with E-state index in [1.807, 2.05) is 6.07 Å². The van der Waals surface area contributed by atoms with Crippen LogP contribution in [0.5, 0.6) is 5.75 Å². The van der Waals surface area contributed by atoms with E-state index in [1.54, 1.807) is 12.1 Å². The van der Waals surface area contributed by atoms with Crippen LogP contribution in [0.4, 0.5) is 25.8 Å². The van der Waals surface area contributed by atoms with Crippen LogP contribution in [0.15, 0.2) is 60.7 Å². The number of ether oxygens (including phenoxy) is 1. The lowest BCUT2D eigenvalue weighted by Crippen LogP contribution is -2.35. The molecule has 1 unspecified atom stereocenters. The molecular formula is C26H22ClF2N3O3. The van der Waals surface area contributed by atoms with Crippen LogP contribution in [0.25, 0.3) is 0 Å². The van der Waals surface area contributed by atoms with Crippen LogP contribution in [0.2, 0.25) is 5.02 Å². The molecule has 1 aliphatic carbocycles. The first-order chi connectivity index (χ1) is 16.8. The van der Waals surface area contributed by atoms with Crippen molar-refractivity contribution in [3.05, 3.63) is 82.9 Å². The van der Waals surface area contributed by atoms with Gasteiger partial charge in [0.25, 0.3) is 0 Å². The maximum absolute atomic E-state index is 14.9. The fraction of sp³-hybridized carbons (Fsp3) is 0.231. The topological polar surface area (TPSA) is 79.5 Å². The van der Waals surface area contributed by atoms with Crippen LogP contribution in [-0.2, 0) is 9.59 Å². The van der Waals surface area contributed by atoms with Crippen molar-refractivity contribution in [2.45, 2.75) is 25.4 Å². The molecule has 5 rings (SSSR count). The van der Waals surface area contributed by atoms with Crippen LogP contribution >= 0.6 is 11.6 Å². The summed E-state index contributed by atoms with van der Waals surface area (Å²) < 4.78 is 33.9. The number of amides is 2. The van der Waals surface area contributed by atoms with Gasteiger partial charge in [-0.05, 0) is 61.4 Å². The standard InChI is InChI=1S/C26H22ClF2N3O3/c27-15-1-7-19-21(13-15)30-12-9-22(19)35-23-8-6-18(14-20(23)29)32-25(34)26(10-11-26)24(33)31-17-4-2-16(28)3-5-17/h1-8,13-14,22,30H,9-12H2,(H,31,33)(H,32,34). The summed E-state index contributed by atoms with van der Waals surface area (Å²) in [7, 11) is 0. The van der Waals surface area contributed by atoms with E-state index < -0.39 is 28.9 Å². The smallest absolute Gasteiger partial charge is 0.240 e. The van der Waals surface area contributed by atoms with Gasteiger partial charge >= 0.3 is 0 Å². The molecule has 0 spiro atoms. The third-order valence-corrected chi connectivity index (χ3v) is 6.50. The van der Waals surface area contributed by atoms with Crippen molar-refractivity contribution in [3.8, 4) is 5.75 Å². The van der Waals surface area contributed by atoms with E-state index in [0.717, 1.165) is 11.3 Å². The largest absolute Gasteiger partial charge is 0.483 e. The molecule has 0 aromatic heterocycles. The maximum Gasteiger partial charge on any atom is 0.240 e. The predicted octanol–water partition coefficient (Wildman–Crippen LogP) is 5.91. The van der Waals surface area contributed by atoms with Crippen molar-refractivity contribution in [2.24, 2.45) is 5.41 Å². The van der Waals surface area contributed by atoms with Gasteiger partial charge in [-0.2, -0.15) is 0 Å². The van der Waals surface area contributed by atoms with Crippen LogP contribution in [0.1, 0.15) is 30.9 Å². The Bertz CT molecular complexity index is 1300. The second-order valence-corrected chi connectivity index (χ2v) is 9.13. The number of hydrogen-bond acceptors (Lipinski definition) is 4. The molecule has 1 heterocycles. The van der Waals surface area contributed by atoms with Gasteiger partial charge in [0.15, 0.2) is 11.6 Å². The third-order valence-electron chi connectivity index (χ3n) is 6.26. The molecule has 0 radical (unpaired) electrons. The van der Waals surface area contributed by atoms with E-state index in [2.05, 4.69) is 16.0 Å². The monoisotopic (exact) mass is 497 g/mol. The molecule has 0 bridgehead atoms. The van der Waals surface area contributed by atoms with E-state index in [4.69, 9.17) is 16.3 Å². The Hall–Kier alpha value is -3.65. The Morgan fingerprint density at radius 3 is 2.31 bits per heavy atom. The zero-order chi connectivity index (χ0) is 24.6. The average Bonchev–Trinajstić information content (AvgIpc) is 3.65. The van der Waals surface area contributed by atoms with Crippen LogP contribution in [-0.4, -0.2) is 18.4 Å².